The third-order valence-corrected chi connectivity index (χ3v) is 2.41. The molecule has 0 spiro atoms. The fraction of sp³-hybridized carbons (Fsp3) is 0.500. The molecule has 0 fully saturated rings. The van der Waals surface area contributed by atoms with Crippen LogP contribution >= 0.6 is 0 Å². The Morgan fingerprint density at radius 3 is 3.46 bits per heavy atom. The van der Waals surface area contributed by atoms with E-state index in [-0.39, 0.29) is 0 Å². The van der Waals surface area contributed by atoms with Crippen molar-refractivity contribution in [2.45, 2.75) is 25.9 Å². The standard InChI is InChI=1S/C10H15N3/c1-2-3-4-11-9-7-10-12-5-6-13(10)8-9/h2-3,5-6,9,11H,4,7-8H2,1H3/b3-2+. The van der Waals surface area contributed by atoms with Crippen LogP contribution in [0, 0.1) is 0 Å². The summed E-state index contributed by atoms with van der Waals surface area (Å²) < 4.78 is 2.22. The van der Waals surface area contributed by atoms with E-state index in [1.54, 1.807) is 0 Å². The lowest BCUT2D eigenvalue weighted by atomic mass is 10.2. The van der Waals surface area contributed by atoms with Gasteiger partial charge in [0.25, 0.3) is 0 Å². The van der Waals surface area contributed by atoms with E-state index in [0.29, 0.717) is 6.04 Å². The first-order valence-electron chi connectivity index (χ1n) is 4.74. The highest BCUT2D eigenvalue weighted by atomic mass is 15.1. The van der Waals surface area contributed by atoms with Crippen molar-refractivity contribution in [3.63, 3.8) is 0 Å². The Balaban J connectivity index is 1.84. The molecule has 1 atom stereocenters. The molecule has 2 heterocycles. The zero-order valence-electron chi connectivity index (χ0n) is 7.90. The Kier molecular flexibility index (Phi) is 2.45. The third kappa shape index (κ3) is 1.80. The summed E-state index contributed by atoms with van der Waals surface area (Å²) in [6.07, 6.45) is 9.19. The van der Waals surface area contributed by atoms with Crippen LogP contribution in [0.4, 0.5) is 0 Å². The molecule has 0 bridgehead atoms. The van der Waals surface area contributed by atoms with E-state index in [1.165, 1.54) is 5.82 Å². The molecule has 1 aliphatic heterocycles. The summed E-state index contributed by atoms with van der Waals surface area (Å²) in [7, 11) is 0. The molecule has 2 rings (SSSR count). The summed E-state index contributed by atoms with van der Waals surface area (Å²) in [6.45, 7) is 4.07. The number of aromatic nitrogens is 2. The van der Waals surface area contributed by atoms with Gasteiger partial charge in [0.05, 0.1) is 0 Å². The minimum absolute atomic E-state index is 0.569. The molecule has 1 aliphatic rings. The molecule has 3 heteroatoms. The van der Waals surface area contributed by atoms with Gasteiger partial charge in [0, 0.05) is 37.9 Å². The first-order chi connectivity index (χ1) is 6.40. The van der Waals surface area contributed by atoms with Crippen LogP contribution in [0.5, 0.6) is 0 Å². The lowest BCUT2D eigenvalue weighted by molar-refractivity contribution is 0.525. The zero-order chi connectivity index (χ0) is 9.10. The van der Waals surface area contributed by atoms with E-state index in [1.807, 2.05) is 19.3 Å². The van der Waals surface area contributed by atoms with Gasteiger partial charge in [-0.3, -0.25) is 0 Å². The van der Waals surface area contributed by atoms with Gasteiger partial charge in [0.2, 0.25) is 0 Å². The van der Waals surface area contributed by atoms with Crippen LogP contribution in [0.15, 0.2) is 24.5 Å². The Hall–Kier alpha value is -1.09. The molecule has 70 valence electrons. The molecule has 0 aliphatic carbocycles. The van der Waals surface area contributed by atoms with Gasteiger partial charge in [0.1, 0.15) is 5.82 Å². The van der Waals surface area contributed by atoms with E-state index >= 15 is 0 Å². The summed E-state index contributed by atoms with van der Waals surface area (Å²) in [4.78, 5) is 4.28. The molecule has 1 N–H and O–H groups in total. The van der Waals surface area contributed by atoms with Crippen LogP contribution in [0.1, 0.15) is 12.7 Å². The van der Waals surface area contributed by atoms with Crippen LogP contribution in [-0.2, 0) is 13.0 Å². The largest absolute Gasteiger partial charge is 0.333 e. The summed E-state index contributed by atoms with van der Waals surface area (Å²) in [5, 5.41) is 3.47. The molecule has 1 aromatic rings. The molecule has 0 amide bonds. The molecule has 1 unspecified atom stereocenters. The first-order valence-corrected chi connectivity index (χ1v) is 4.74. The maximum atomic E-state index is 4.28. The maximum absolute atomic E-state index is 4.28. The number of hydrogen-bond donors (Lipinski definition) is 1. The van der Waals surface area contributed by atoms with Crippen molar-refractivity contribution in [3.05, 3.63) is 30.4 Å². The molecule has 3 nitrogen and oxygen atoms in total. The Morgan fingerprint density at radius 2 is 2.69 bits per heavy atom. The average molecular weight is 177 g/mol. The highest BCUT2D eigenvalue weighted by molar-refractivity contribution is 5.02. The minimum atomic E-state index is 0.569. The number of nitrogens with one attached hydrogen (secondary N) is 1. The molecule has 1 aromatic heterocycles. The molecule has 13 heavy (non-hydrogen) atoms. The van der Waals surface area contributed by atoms with Gasteiger partial charge in [0.15, 0.2) is 0 Å². The predicted molar refractivity (Wildman–Crippen MR) is 52.5 cm³/mol. The second-order valence-electron chi connectivity index (χ2n) is 3.37. The first kappa shape index (κ1) is 8.51. The highest BCUT2D eigenvalue weighted by Crippen LogP contribution is 2.11. The maximum Gasteiger partial charge on any atom is 0.110 e. The van der Waals surface area contributed by atoms with Gasteiger partial charge in [-0.15, -0.1) is 0 Å². The van der Waals surface area contributed by atoms with Crippen molar-refractivity contribution >= 4 is 0 Å². The highest BCUT2D eigenvalue weighted by Gasteiger charge is 2.20. The quantitative estimate of drug-likeness (QED) is 0.697. The Labute approximate surface area is 78.5 Å². The van der Waals surface area contributed by atoms with Crippen molar-refractivity contribution in [2.24, 2.45) is 0 Å². The fourth-order valence-corrected chi connectivity index (χ4v) is 1.71. The van der Waals surface area contributed by atoms with Gasteiger partial charge in [-0.05, 0) is 6.92 Å². The van der Waals surface area contributed by atoms with Crippen LogP contribution in [0.25, 0.3) is 0 Å². The molecular weight excluding hydrogens is 162 g/mol. The van der Waals surface area contributed by atoms with Crippen LogP contribution in [0.2, 0.25) is 0 Å². The second-order valence-corrected chi connectivity index (χ2v) is 3.37. The van der Waals surface area contributed by atoms with Gasteiger partial charge in [-0.2, -0.15) is 0 Å². The normalized spacial score (nSPS) is 21.2. The number of nitrogens with zero attached hydrogens (tertiary/aromatic N) is 2. The van der Waals surface area contributed by atoms with Crippen molar-refractivity contribution < 1.29 is 0 Å². The Morgan fingerprint density at radius 1 is 1.77 bits per heavy atom. The lowest BCUT2D eigenvalue weighted by Crippen LogP contribution is -2.30. The average Bonchev–Trinajstić information content (AvgIpc) is 2.64. The van der Waals surface area contributed by atoms with Gasteiger partial charge in [-0.25, -0.2) is 4.98 Å². The predicted octanol–water partition coefficient (Wildman–Crippen LogP) is 0.974. The van der Waals surface area contributed by atoms with Crippen molar-refractivity contribution in [1.82, 2.24) is 14.9 Å². The Bertz CT molecular complexity index is 280. The summed E-state index contributed by atoms with van der Waals surface area (Å²) in [5.74, 6) is 1.21. The van der Waals surface area contributed by atoms with Crippen LogP contribution in [-0.4, -0.2) is 22.1 Å². The van der Waals surface area contributed by atoms with Crippen LogP contribution < -0.4 is 5.32 Å². The van der Waals surface area contributed by atoms with E-state index in [0.717, 1.165) is 19.5 Å². The van der Waals surface area contributed by atoms with Crippen LogP contribution in [0.3, 0.4) is 0 Å². The molecule has 0 saturated carbocycles. The molecule has 0 saturated heterocycles. The number of allylic oxidation sites excluding steroid dienone is 1. The fourth-order valence-electron chi connectivity index (χ4n) is 1.71. The van der Waals surface area contributed by atoms with Gasteiger partial charge < -0.3 is 9.88 Å². The summed E-state index contributed by atoms with van der Waals surface area (Å²) in [5.41, 5.74) is 0. The minimum Gasteiger partial charge on any atom is -0.333 e. The van der Waals surface area contributed by atoms with E-state index in [9.17, 15) is 0 Å². The smallest absolute Gasteiger partial charge is 0.110 e. The van der Waals surface area contributed by atoms with E-state index in [4.69, 9.17) is 0 Å². The van der Waals surface area contributed by atoms with Crippen molar-refractivity contribution in [2.75, 3.05) is 6.54 Å². The zero-order valence-corrected chi connectivity index (χ0v) is 7.90. The van der Waals surface area contributed by atoms with E-state index < -0.39 is 0 Å². The number of imidazole rings is 1. The number of hydrogen-bond acceptors (Lipinski definition) is 2. The third-order valence-electron chi connectivity index (χ3n) is 2.41. The number of rotatable bonds is 3. The summed E-state index contributed by atoms with van der Waals surface area (Å²) >= 11 is 0. The van der Waals surface area contributed by atoms with Crippen molar-refractivity contribution in [3.8, 4) is 0 Å². The SMILES string of the molecule is C/C=C/CNC1Cc2nccn2C1. The monoisotopic (exact) mass is 177 g/mol. The lowest BCUT2D eigenvalue weighted by Gasteiger charge is -2.08. The molecule has 0 aromatic carbocycles. The summed E-state index contributed by atoms with van der Waals surface area (Å²) in [6, 6.07) is 0.569. The second kappa shape index (κ2) is 3.75. The van der Waals surface area contributed by atoms with Crippen molar-refractivity contribution in [1.29, 1.82) is 0 Å². The van der Waals surface area contributed by atoms with Gasteiger partial charge >= 0.3 is 0 Å². The van der Waals surface area contributed by atoms with Gasteiger partial charge in [-0.1, -0.05) is 12.2 Å². The molecule has 0 radical (unpaired) electrons. The number of fused-ring (bicyclic) bond motifs is 1. The topological polar surface area (TPSA) is 29.9 Å². The van der Waals surface area contributed by atoms with E-state index in [2.05, 4.69) is 27.0 Å². The molecular formula is C10H15N3.